The second kappa shape index (κ2) is 8.17. The van der Waals surface area contributed by atoms with Crippen molar-refractivity contribution in [3.05, 3.63) is 17.5 Å². The molecule has 1 fully saturated rings. The van der Waals surface area contributed by atoms with Crippen molar-refractivity contribution in [3.8, 4) is 0 Å². The van der Waals surface area contributed by atoms with Gasteiger partial charge in [-0.1, -0.05) is 31.8 Å². The molecule has 6 heteroatoms. The van der Waals surface area contributed by atoms with E-state index in [4.69, 9.17) is 4.52 Å². The Morgan fingerprint density at radius 2 is 2.14 bits per heavy atom. The predicted molar refractivity (Wildman–Crippen MR) is 83.5 cm³/mol. The average molecular weight is 309 g/mol. The maximum absolute atomic E-state index is 11.9. The minimum Gasteiger partial charge on any atom is -0.391 e. The number of nitrogens with zero attached hydrogens (tertiary/aromatic N) is 1. The minimum atomic E-state index is -0.439. The maximum atomic E-state index is 11.9. The van der Waals surface area contributed by atoms with Crippen LogP contribution in [-0.2, 0) is 6.54 Å². The largest absolute Gasteiger partial charge is 0.391 e. The summed E-state index contributed by atoms with van der Waals surface area (Å²) in [7, 11) is 0. The van der Waals surface area contributed by atoms with E-state index in [1.165, 1.54) is 0 Å². The summed E-state index contributed by atoms with van der Waals surface area (Å²) in [4.78, 5) is 11.9. The molecule has 22 heavy (non-hydrogen) atoms. The Morgan fingerprint density at radius 3 is 2.82 bits per heavy atom. The molecule has 0 saturated heterocycles. The third-order valence-electron chi connectivity index (χ3n) is 4.45. The van der Waals surface area contributed by atoms with Gasteiger partial charge >= 0.3 is 6.03 Å². The van der Waals surface area contributed by atoms with Gasteiger partial charge in [-0.2, -0.15) is 0 Å². The van der Waals surface area contributed by atoms with Crippen LogP contribution in [0.3, 0.4) is 0 Å². The quantitative estimate of drug-likeness (QED) is 0.754. The number of amides is 2. The first-order chi connectivity index (χ1) is 10.6. The Hall–Kier alpha value is -1.56. The number of urea groups is 1. The van der Waals surface area contributed by atoms with Crippen molar-refractivity contribution in [2.24, 2.45) is 0 Å². The first-order valence-electron chi connectivity index (χ1n) is 8.31. The molecule has 2 amide bonds. The van der Waals surface area contributed by atoms with Gasteiger partial charge in [-0.25, -0.2) is 4.79 Å². The topological polar surface area (TPSA) is 87.4 Å². The Labute approximate surface area is 131 Å². The van der Waals surface area contributed by atoms with Gasteiger partial charge in [0.15, 0.2) is 5.76 Å². The molecule has 0 aromatic carbocycles. The lowest BCUT2D eigenvalue weighted by atomic mass is 9.93. The summed E-state index contributed by atoms with van der Waals surface area (Å²) in [6, 6.07) is 1.49. The monoisotopic (exact) mass is 309 g/mol. The van der Waals surface area contributed by atoms with Gasteiger partial charge in [0.2, 0.25) is 0 Å². The van der Waals surface area contributed by atoms with Gasteiger partial charge in [0.1, 0.15) is 0 Å². The Morgan fingerprint density at radius 1 is 1.41 bits per heavy atom. The molecule has 1 saturated carbocycles. The number of nitrogens with one attached hydrogen (secondary N) is 2. The van der Waals surface area contributed by atoms with Gasteiger partial charge < -0.3 is 20.3 Å². The second-order valence-corrected chi connectivity index (χ2v) is 6.02. The zero-order valence-corrected chi connectivity index (χ0v) is 13.5. The van der Waals surface area contributed by atoms with E-state index in [0.717, 1.165) is 44.2 Å². The highest BCUT2D eigenvalue weighted by atomic mass is 16.5. The number of aromatic nitrogens is 1. The molecule has 2 atom stereocenters. The normalized spacial score (nSPS) is 21.8. The predicted octanol–water partition coefficient (Wildman–Crippen LogP) is 2.68. The molecule has 6 nitrogen and oxygen atoms in total. The first-order valence-corrected chi connectivity index (χ1v) is 8.31. The third-order valence-corrected chi connectivity index (χ3v) is 4.45. The van der Waals surface area contributed by atoms with Gasteiger partial charge in [-0.05, 0) is 25.7 Å². The molecule has 0 unspecified atom stereocenters. The fourth-order valence-electron chi connectivity index (χ4n) is 2.98. The smallest absolute Gasteiger partial charge is 0.315 e. The second-order valence-electron chi connectivity index (χ2n) is 6.02. The van der Waals surface area contributed by atoms with E-state index < -0.39 is 6.10 Å². The van der Waals surface area contributed by atoms with Crippen molar-refractivity contribution in [1.82, 2.24) is 15.8 Å². The molecule has 1 aliphatic carbocycles. The first kappa shape index (κ1) is 16.8. The molecule has 1 aromatic heterocycles. The average Bonchev–Trinajstić information content (AvgIpc) is 2.98. The van der Waals surface area contributed by atoms with Crippen molar-refractivity contribution in [1.29, 1.82) is 0 Å². The summed E-state index contributed by atoms with van der Waals surface area (Å²) in [6.45, 7) is 4.56. The van der Waals surface area contributed by atoms with Gasteiger partial charge in [0, 0.05) is 12.0 Å². The van der Waals surface area contributed by atoms with E-state index in [-0.39, 0.29) is 12.1 Å². The molecule has 0 bridgehead atoms. The van der Waals surface area contributed by atoms with Crippen molar-refractivity contribution in [2.45, 2.75) is 77.0 Å². The van der Waals surface area contributed by atoms with Gasteiger partial charge in [0.05, 0.1) is 24.4 Å². The van der Waals surface area contributed by atoms with Crippen LogP contribution in [0.25, 0.3) is 0 Å². The Kier molecular flexibility index (Phi) is 6.24. The van der Waals surface area contributed by atoms with E-state index >= 15 is 0 Å². The zero-order chi connectivity index (χ0) is 15.9. The lowest BCUT2D eigenvalue weighted by molar-refractivity contribution is 0.0942. The summed E-state index contributed by atoms with van der Waals surface area (Å²) < 4.78 is 5.27. The summed E-state index contributed by atoms with van der Waals surface area (Å²) in [6.07, 6.45) is 5.26. The van der Waals surface area contributed by atoms with Crippen molar-refractivity contribution in [3.63, 3.8) is 0 Å². The van der Waals surface area contributed by atoms with E-state index in [0.29, 0.717) is 18.2 Å². The van der Waals surface area contributed by atoms with Crippen LogP contribution >= 0.6 is 0 Å². The number of carbonyl (C=O) groups excluding carboxylic acids is 1. The highest BCUT2D eigenvalue weighted by Gasteiger charge is 2.24. The fourth-order valence-corrected chi connectivity index (χ4v) is 2.98. The molecular weight excluding hydrogens is 282 g/mol. The number of hydrogen-bond acceptors (Lipinski definition) is 4. The number of aliphatic hydroxyl groups is 1. The summed E-state index contributed by atoms with van der Waals surface area (Å²) in [5, 5.41) is 19.5. The molecular formula is C16H27N3O3. The summed E-state index contributed by atoms with van der Waals surface area (Å²) in [5.41, 5.74) is 0.949. The number of rotatable bonds is 6. The molecule has 2 rings (SSSR count). The number of carbonyl (C=O) groups is 1. The van der Waals surface area contributed by atoms with Crippen LogP contribution in [-0.4, -0.2) is 28.4 Å². The van der Waals surface area contributed by atoms with Crippen LogP contribution < -0.4 is 10.6 Å². The molecule has 0 aliphatic heterocycles. The van der Waals surface area contributed by atoms with Crippen LogP contribution in [0.2, 0.25) is 0 Å². The zero-order valence-electron chi connectivity index (χ0n) is 13.5. The molecule has 1 heterocycles. The SMILES string of the molecule is CCC(CC)c1cc(CNC(=O)N[C@H]2CCCC[C@@H]2O)on1. The van der Waals surface area contributed by atoms with Crippen LogP contribution in [0.15, 0.2) is 10.6 Å². The summed E-state index contributed by atoms with van der Waals surface area (Å²) >= 11 is 0. The highest BCUT2D eigenvalue weighted by molar-refractivity contribution is 5.74. The lowest BCUT2D eigenvalue weighted by Crippen LogP contribution is -2.48. The van der Waals surface area contributed by atoms with Gasteiger partial charge in [-0.15, -0.1) is 0 Å². The van der Waals surface area contributed by atoms with E-state index in [1.807, 2.05) is 6.07 Å². The maximum Gasteiger partial charge on any atom is 0.315 e. The fraction of sp³-hybridized carbons (Fsp3) is 0.750. The van der Waals surface area contributed by atoms with Crippen molar-refractivity contribution < 1.29 is 14.4 Å². The minimum absolute atomic E-state index is 0.149. The number of hydrogen-bond donors (Lipinski definition) is 3. The van der Waals surface area contributed by atoms with Gasteiger partial charge in [0.25, 0.3) is 0 Å². The molecule has 1 aliphatic rings. The molecule has 0 spiro atoms. The van der Waals surface area contributed by atoms with E-state index in [9.17, 15) is 9.90 Å². The highest BCUT2D eigenvalue weighted by Crippen LogP contribution is 2.22. The van der Waals surface area contributed by atoms with Crippen molar-refractivity contribution >= 4 is 6.03 Å². The molecule has 124 valence electrons. The van der Waals surface area contributed by atoms with Crippen LogP contribution in [0.5, 0.6) is 0 Å². The summed E-state index contributed by atoms with van der Waals surface area (Å²) in [5.74, 6) is 1.06. The van der Waals surface area contributed by atoms with E-state index in [1.54, 1.807) is 0 Å². The van der Waals surface area contributed by atoms with E-state index in [2.05, 4.69) is 29.6 Å². The van der Waals surface area contributed by atoms with Crippen molar-refractivity contribution in [2.75, 3.05) is 0 Å². The van der Waals surface area contributed by atoms with Crippen LogP contribution in [0.4, 0.5) is 4.79 Å². The van der Waals surface area contributed by atoms with Crippen LogP contribution in [0.1, 0.15) is 69.7 Å². The third kappa shape index (κ3) is 4.47. The molecule has 1 aromatic rings. The Balaban J connectivity index is 1.78. The lowest BCUT2D eigenvalue weighted by Gasteiger charge is -2.28. The Bertz CT molecular complexity index is 471. The molecule has 3 N–H and O–H groups in total. The van der Waals surface area contributed by atoms with Crippen LogP contribution in [0, 0.1) is 0 Å². The molecule has 0 radical (unpaired) electrons. The van der Waals surface area contributed by atoms with Gasteiger partial charge in [-0.3, -0.25) is 0 Å². The standard InChI is InChI=1S/C16H27N3O3/c1-3-11(4-2)14-9-12(22-19-14)10-17-16(21)18-13-7-5-6-8-15(13)20/h9,11,13,15,20H,3-8,10H2,1-2H3,(H2,17,18,21)/t13-,15-/m0/s1. The number of aliphatic hydroxyl groups excluding tert-OH is 1.